The summed E-state index contributed by atoms with van der Waals surface area (Å²) in [5, 5.41) is 11.3. The lowest BCUT2D eigenvalue weighted by atomic mass is 10.2. The maximum absolute atomic E-state index is 11.1. The first-order valence-electron chi connectivity index (χ1n) is 5.29. The number of ether oxygens (including phenoxy) is 1. The molecule has 0 radical (unpaired) electrons. The summed E-state index contributed by atoms with van der Waals surface area (Å²) in [6, 6.07) is 4.98. The van der Waals surface area contributed by atoms with E-state index in [0.29, 0.717) is 32.0 Å². The summed E-state index contributed by atoms with van der Waals surface area (Å²) in [7, 11) is 0. The lowest BCUT2D eigenvalue weighted by molar-refractivity contribution is 0.0495. The number of hydrogen-bond donors (Lipinski definition) is 2. The Kier molecular flexibility index (Phi) is 3.83. The van der Waals surface area contributed by atoms with Crippen molar-refractivity contribution in [1.82, 2.24) is 5.01 Å². The first-order valence-corrected chi connectivity index (χ1v) is 5.67. The Bertz CT molecular complexity index is 419. The molecule has 0 bridgehead atoms. The topological polar surface area (TPSA) is 61.8 Å². The number of rotatable bonds is 3. The summed E-state index contributed by atoms with van der Waals surface area (Å²) in [6.07, 6.45) is 0. The van der Waals surface area contributed by atoms with E-state index in [-0.39, 0.29) is 10.6 Å². The van der Waals surface area contributed by atoms with Crippen LogP contribution in [-0.4, -0.2) is 42.4 Å². The molecule has 17 heavy (non-hydrogen) atoms. The van der Waals surface area contributed by atoms with Crippen LogP contribution in [-0.2, 0) is 4.74 Å². The molecule has 6 heteroatoms. The Morgan fingerprint density at radius 1 is 1.41 bits per heavy atom. The molecule has 0 saturated carbocycles. The van der Waals surface area contributed by atoms with Crippen molar-refractivity contribution in [2.45, 2.75) is 0 Å². The molecule has 0 aliphatic carbocycles. The monoisotopic (exact) mass is 256 g/mol. The van der Waals surface area contributed by atoms with E-state index in [4.69, 9.17) is 21.4 Å². The van der Waals surface area contributed by atoms with E-state index < -0.39 is 5.97 Å². The first-order chi connectivity index (χ1) is 8.18. The van der Waals surface area contributed by atoms with Gasteiger partial charge in [-0.3, -0.25) is 0 Å². The zero-order valence-corrected chi connectivity index (χ0v) is 9.91. The van der Waals surface area contributed by atoms with Crippen molar-refractivity contribution in [1.29, 1.82) is 0 Å². The number of morpholine rings is 1. The fourth-order valence-electron chi connectivity index (χ4n) is 1.68. The molecule has 0 amide bonds. The highest BCUT2D eigenvalue weighted by atomic mass is 35.5. The van der Waals surface area contributed by atoms with Crippen molar-refractivity contribution >= 4 is 23.3 Å². The Balaban J connectivity index is 2.19. The van der Waals surface area contributed by atoms with Gasteiger partial charge in [-0.05, 0) is 12.1 Å². The fourth-order valence-corrected chi connectivity index (χ4v) is 1.94. The number of nitrogens with one attached hydrogen (secondary N) is 1. The first kappa shape index (κ1) is 12.2. The number of carboxylic acids is 1. The highest BCUT2D eigenvalue weighted by Gasteiger charge is 2.17. The largest absolute Gasteiger partial charge is 0.478 e. The van der Waals surface area contributed by atoms with Gasteiger partial charge in [0, 0.05) is 13.1 Å². The molecule has 1 aromatic rings. The molecule has 2 rings (SSSR count). The lowest BCUT2D eigenvalue weighted by Gasteiger charge is -2.28. The van der Waals surface area contributed by atoms with Crippen LogP contribution in [0, 0.1) is 0 Å². The van der Waals surface area contributed by atoms with Gasteiger partial charge >= 0.3 is 5.97 Å². The van der Waals surface area contributed by atoms with Crippen molar-refractivity contribution in [3.8, 4) is 0 Å². The zero-order chi connectivity index (χ0) is 12.3. The molecule has 1 fully saturated rings. The SMILES string of the molecule is O=C(O)c1c(Cl)cccc1NN1CCOCC1. The number of aromatic carboxylic acids is 1. The number of nitrogens with zero attached hydrogens (tertiary/aromatic N) is 1. The zero-order valence-electron chi connectivity index (χ0n) is 9.15. The molecule has 1 heterocycles. The Morgan fingerprint density at radius 3 is 2.76 bits per heavy atom. The third kappa shape index (κ3) is 2.88. The number of anilines is 1. The molecule has 92 valence electrons. The van der Waals surface area contributed by atoms with Gasteiger partial charge in [-0.25, -0.2) is 9.80 Å². The molecular weight excluding hydrogens is 244 g/mol. The second-order valence-electron chi connectivity index (χ2n) is 3.68. The van der Waals surface area contributed by atoms with Gasteiger partial charge in [0.2, 0.25) is 0 Å². The smallest absolute Gasteiger partial charge is 0.339 e. The minimum absolute atomic E-state index is 0.0978. The predicted molar refractivity (Wildman–Crippen MR) is 64.4 cm³/mol. The minimum atomic E-state index is -1.04. The van der Waals surface area contributed by atoms with Gasteiger partial charge in [-0.2, -0.15) is 0 Å². The second kappa shape index (κ2) is 5.35. The van der Waals surface area contributed by atoms with Crippen LogP contribution in [0.4, 0.5) is 5.69 Å². The van der Waals surface area contributed by atoms with Crippen molar-refractivity contribution in [3.05, 3.63) is 28.8 Å². The van der Waals surface area contributed by atoms with Gasteiger partial charge in [0.05, 0.1) is 23.9 Å². The quantitative estimate of drug-likeness (QED) is 0.862. The van der Waals surface area contributed by atoms with Crippen LogP contribution >= 0.6 is 11.6 Å². The van der Waals surface area contributed by atoms with E-state index in [9.17, 15) is 4.79 Å². The maximum atomic E-state index is 11.1. The number of halogens is 1. The molecule has 0 unspecified atom stereocenters. The number of carbonyl (C=O) groups is 1. The van der Waals surface area contributed by atoms with E-state index in [1.807, 2.05) is 5.01 Å². The van der Waals surface area contributed by atoms with E-state index in [0.717, 1.165) is 0 Å². The molecule has 1 aliphatic heterocycles. The molecule has 5 nitrogen and oxygen atoms in total. The van der Waals surface area contributed by atoms with Gasteiger partial charge in [0.25, 0.3) is 0 Å². The number of benzene rings is 1. The van der Waals surface area contributed by atoms with Crippen LogP contribution in [0.5, 0.6) is 0 Å². The van der Waals surface area contributed by atoms with Crippen LogP contribution in [0.3, 0.4) is 0 Å². The standard InChI is InChI=1S/C11H13ClN2O3/c12-8-2-1-3-9(10(8)11(15)16)13-14-4-6-17-7-5-14/h1-3,13H,4-7H2,(H,15,16). The van der Waals surface area contributed by atoms with Gasteiger partial charge < -0.3 is 15.3 Å². The summed E-state index contributed by atoms with van der Waals surface area (Å²) in [5.41, 5.74) is 3.66. The van der Waals surface area contributed by atoms with Crippen LogP contribution in [0.1, 0.15) is 10.4 Å². The summed E-state index contributed by atoms with van der Waals surface area (Å²) in [6.45, 7) is 2.70. The van der Waals surface area contributed by atoms with Gasteiger partial charge in [-0.1, -0.05) is 17.7 Å². The summed E-state index contributed by atoms with van der Waals surface area (Å²) < 4.78 is 5.21. The second-order valence-corrected chi connectivity index (χ2v) is 4.09. The van der Waals surface area contributed by atoms with Crippen LogP contribution < -0.4 is 5.43 Å². The van der Waals surface area contributed by atoms with E-state index in [1.165, 1.54) is 0 Å². The van der Waals surface area contributed by atoms with Crippen molar-refractivity contribution < 1.29 is 14.6 Å². The fraction of sp³-hybridized carbons (Fsp3) is 0.364. The van der Waals surface area contributed by atoms with Gasteiger partial charge in [0.15, 0.2) is 0 Å². The molecule has 0 spiro atoms. The number of hydrazine groups is 1. The average Bonchev–Trinajstić information content (AvgIpc) is 2.30. The predicted octanol–water partition coefficient (Wildman–Crippen LogP) is 1.70. The lowest BCUT2D eigenvalue weighted by Crippen LogP contribution is -2.40. The summed E-state index contributed by atoms with van der Waals surface area (Å²) in [5.74, 6) is -1.04. The molecule has 0 aromatic heterocycles. The normalized spacial score (nSPS) is 16.8. The average molecular weight is 257 g/mol. The van der Waals surface area contributed by atoms with Crippen molar-refractivity contribution in [3.63, 3.8) is 0 Å². The Labute approximate surface area is 104 Å². The highest BCUT2D eigenvalue weighted by molar-refractivity contribution is 6.34. The summed E-state index contributed by atoms with van der Waals surface area (Å²) >= 11 is 5.88. The van der Waals surface area contributed by atoms with Crippen molar-refractivity contribution in [2.24, 2.45) is 0 Å². The van der Waals surface area contributed by atoms with E-state index in [1.54, 1.807) is 18.2 Å². The number of carboxylic acid groups (broad SMARTS) is 1. The van der Waals surface area contributed by atoms with Crippen LogP contribution in [0.2, 0.25) is 5.02 Å². The molecular formula is C11H13ClN2O3. The van der Waals surface area contributed by atoms with Gasteiger partial charge in [-0.15, -0.1) is 0 Å². The van der Waals surface area contributed by atoms with Gasteiger partial charge in [0.1, 0.15) is 5.56 Å². The number of hydrogen-bond acceptors (Lipinski definition) is 4. The minimum Gasteiger partial charge on any atom is -0.478 e. The maximum Gasteiger partial charge on any atom is 0.339 e. The van der Waals surface area contributed by atoms with E-state index >= 15 is 0 Å². The summed E-state index contributed by atoms with van der Waals surface area (Å²) in [4.78, 5) is 11.1. The molecule has 1 aliphatic rings. The Morgan fingerprint density at radius 2 is 2.12 bits per heavy atom. The van der Waals surface area contributed by atoms with E-state index in [2.05, 4.69) is 5.43 Å². The third-order valence-electron chi connectivity index (χ3n) is 2.52. The molecule has 1 saturated heterocycles. The highest BCUT2D eigenvalue weighted by Crippen LogP contribution is 2.24. The molecule has 2 N–H and O–H groups in total. The van der Waals surface area contributed by atoms with Crippen LogP contribution in [0.25, 0.3) is 0 Å². The molecule has 1 aromatic carbocycles. The Hall–Kier alpha value is -1.30. The van der Waals surface area contributed by atoms with Crippen LogP contribution in [0.15, 0.2) is 18.2 Å². The third-order valence-corrected chi connectivity index (χ3v) is 2.83. The molecule has 0 atom stereocenters. The van der Waals surface area contributed by atoms with Crippen molar-refractivity contribution in [2.75, 3.05) is 31.7 Å².